The van der Waals surface area contributed by atoms with Crippen molar-refractivity contribution in [1.82, 2.24) is 0 Å². The quantitative estimate of drug-likeness (QED) is 0.315. The van der Waals surface area contributed by atoms with Gasteiger partial charge in [-0.3, -0.25) is 4.99 Å². The van der Waals surface area contributed by atoms with E-state index < -0.39 is 0 Å². The second kappa shape index (κ2) is 8.87. The van der Waals surface area contributed by atoms with Crippen LogP contribution in [0.3, 0.4) is 0 Å². The SMILES string of the molecule is CCNc1cc2oc3c/c(=N/C)c(C)cc-3c(-c3ccccc3C(=O)OCC)c2cc1C. The van der Waals surface area contributed by atoms with Crippen molar-refractivity contribution in [2.45, 2.75) is 27.7 Å². The van der Waals surface area contributed by atoms with Crippen molar-refractivity contribution < 1.29 is 13.9 Å². The summed E-state index contributed by atoms with van der Waals surface area (Å²) in [7, 11) is 1.78. The molecule has 1 aliphatic carbocycles. The molecular formula is C27H28N2O3. The van der Waals surface area contributed by atoms with Gasteiger partial charge in [-0.2, -0.15) is 0 Å². The van der Waals surface area contributed by atoms with E-state index in [-0.39, 0.29) is 5.97 Å². The monoisotopic (exact) mass is 428 g/mol. The minimum atomic E-state index is -0.330. The number of nitrogens with one attached hydrogen (secondary N) is 1. The molecule has 0 saturated heterocycles. The van der Waals surface area contributed by atoms with Crippen molar-refractivity contribution in [1.29, 1.82) is 0 Å². The van der Waals surface area contributed by atoms with Crippen molar-refractivity contribution in [3.63, 3.8) is 0 Å². The number of carbonyl (C=O) groups excluding carboxylic acids is 1. The molecule has 0 amide bonds. The predicted molar refractivity (Wildman–Crippen MR) is 129 cm³/mol. The highest BCUT2D eigenvalue weighted by Gasteiger charge is 2.23. The van der Waals surface area contributed by atoms with Crippen LogP contribution < -0.4 is 10.7 Å². The average molecular weight is 429 g/mol. The van der Waals surface area contributed by atoms with E-state index in [1.807, 2.05) is 50.2 Å². The maximum Gasteiger partial charge on any atom is 0.338 e. The van der Waals surface area contributed by atoms with Crippen molar-refractivity contribution >= 4 is 22.6 Å². The third-order valence-corrected chi connectivity index (χ3v) is 5.68. The van der Waals surface area contributed by atoms with Gasteiger partial charge >= 0.3 is 5.97 Å². The number of esters is 1. The van der Waals surface area contributed by atoms with Crippen molar-refractivity contribution in [2.24, 2.45) is 4.99 Å². The lowest BCUT2D eigenvalue weighted by atomic mass is 9.89. The molecule has 1 aliphatic heterocycles. The predicted octanol–water partition coefficient (Wildman–Crippen LogP) is 5.96. The van der Waals surface area contributed by atoms with Gasteiger partial charge in [0.05, 0.1) is 17.5 Å². The molecule has 5 heteroatoms. The number of fused-ring (bicyclic) bond motifs is 2. The smallest absolute Gasteiger partial charge is 0.338 e. The maximum absolute atomic E-state index is 12.8. The van der Waals surface area contributed by atoms with Crippen LogP contribution in [0, 0.1) is 13.8 Å². The molecule has 0 radical (unpaired) electrons. The average Bonchev–Trinajstić information content (AvgIpc) is 2.78. The van der Waals surface area contributed by atoms with Gasteiger partial charge in [0.1, 0.15) is 11.3 Å². The molecule has 5 nitrogen and oxygen atoms in total. The summed E-state index contributed by atoms with van der Waals surface area (Å²) >= 11 is 0. The van der Waals surface area contributed by atoms with E-state index in [1.165, 1.54) is 0 Å². The minimum absolute atomic E-state index is 0.324. The van der Waals surface area contributed by atoms with Gasteiger partial charge in [-0.1, -0.05) is 18.2 Å². The highest BCUT2D eigenvalue weighted by atomic mass is 16.5. The lowest BCUT2D eigenvalue weighted by molar-refractivity contribution is 0.0527. The fourth-order valence-electron chi connectivity index (χ4n) is 4.19. The van der Waals surface area contributed by atoms with Gasteiger partial charge in [0.2, 0.25) is 0 Å². The molecular weight excluding hydrogens is 400 g/mol. The second-order valence-electron chi connectivity index (χ2n) is 7.80. The highest BCUT2D eigenvalue weighted by Crippen LogP contribution is 2.42. The summed E-state index contributed by atoms with van der Waals surface area (Å²) in [5.41, 5.74) is 7.20. The van der Waals surface area contributed by atoms with Crippen molar-refractivity contribution in [3.05, 3.63) is 70.6 Å². The molecule has 0 spiro atoms. The fraction of sp³-hybridized carbons (Fsp3) is 0.259. The van der Waals surface area contributed by atoms with Crippen LogP contribution in [0.1, 0.15) is 35.3 Å². The van der Waals surface area contributed by atoms with E-state index in [0.717, 1.165) is 62.1 Å². The number of benzene rings is 3. The Morgan fingerprint density at radius 3 is 2.53 bits per heavy atom. The first-order chi connectivity index (χ1) is 15.5. The number of anilines is 1. The summed E-state index contributed by atoms with van der Waals surface area (Å²) in [5, 5.41) is 5.23. The lowest BCUT2D eigenvalue weighted by Gasteiger charge is -2.19. The molecule has 1 N–H and O–H groups in total. The van der Waals surface area contributed by atoms with Crippen LogP contribution >= 0.6 is 0 Å². The Kier molecular flexibility index (Phi) is 5.99. The largest absolute Gasteiger partial charge is 0.462 e. The number of hydrogen-bond acceptors (Lipinski definition) is 5. The van der Waals surface area contributed by atoms with E-state index >= 15 is 0 Å². The number of aryl methyl sites for hydroxylation is 2. The summed E-state index contributed by atoms with van der Waals surface area (Å²) in [5.74, 6) is 0.395. The first-order valence-electron chi connectivity index (χ1n) is 10.9. The lowest BCUT2D eigenvalue weighted by Crippen LogP contribution is -2.10. The van der Waals surface area contributed by atoms with Crippen LogP contribution in [-0.2, 0) is 4.74 Å². The zero-order valence-corrected chi connectivity index (χ0v) is 19.2. The number of ether oxygens (including phenoxy) is 1. The maximum atomic E-state index is 12.8. The summed E-state index contributed by atoms with van der Waals surface area (Å²) in [6, 6.07) is 15.8. The summed E-state index contributed by atoms with van der Waals surface area (Å²) in [6.07, 6.45) is 0. The molecule has 0 unspecified atom stereocenters. The molecule has 2 aromatic rings. The van der Waals surface area contributed by atoms with Gasteiger partial charge in [0, 0.05) is 47.9 Å². The van der Waals surface area contributed by atoms with Crippen LogP contribution in [0.15, 0.2) is 57.9 Å². The van der Waals surface area contributed by atoms with Gasteiger partial charge in [-0.05, 0) is 62.6 Å². The van der Waals surface area contributed by atoms with Crippen LogP contribution in [0.4, 0.5) is 5.69 Å². The summed E-state index contributed by atoms with van der Waals surface area (Å²) in [6.45, 7) is 9.14. The molecule has 32 heavy (non-hydrogen) atoms. The second-order valence-corrected chi connectivity index (χ2v) is 7.80. The van der Waals surface area contributed by atoms with Gasteiger partial charge in [0.15, 0.2) is 0 Å². The molecule has 0 fully saturated rings. The number of nitrogens with zero attached hydrogens (tertiary/aromatic N) is 1. The highest BCUT2D eigenvalue weighted by molar-refractivity contribution is 6.08. The fourth-order valence-corrected chi connectivity index (χ4v) is 4.19. The number of hydrogen-bond donors (Lipinski definition) is 1. The first-order valence-corrected chi connectivity index (χ1v) is 10.9. The third kappa shape index (κ3) is 3.75. The van der Waals surface area contributed by atoms with E-state index in [1.54, 1.807) is 7.05 Å². The molecule has 0 saturated carbocycles. The molecule has 0 bridgehead atoms. The Hall–Kier alpha value is -3.60. The Bertz CT molecular complexity index is 1350. The van der Waals surface area contributed by atoms with E-state index in [9.17, 15) is 4.79 Å². The standard InChI is InChI=1S/C27H28N2O3/c1-6-29-23-15-25-21(13-17(23)4)26(18-10-8-9-11-19(18)27(30)31-7-2)20-12-16(3)22(28-5)14-24(20)32-25/h8-15,29H,6-7H2,1-5H3/b28-22-. The van der Waals surface area contributed by atoms with Gasteiger partial charge in [-0.25, -0.2) is 4.79 Å². The van der Waals surface area contributed by atoms with Crippen LogP contribution in [0.2, 0.25) is 0 Å². The molecule has 2 aliphatic rings. The van der Waals surface area contributed by atoms with Crippen LogP contribution in [-0.4, -0.2) is 26.2 Å². The minimum Gasteiger partial charge on any atom is -0.462 e. The van der Waals surface area contributed by atoms with E-state index in [2.05, 4.69) is 36.3 Å². The van der Waals surface area contributed by atoms with Crippen LogP contribution in [0.5, 0.6) is 0 Å². The molecule has 0 atom stereocenters. The van der Waals surface area contributed by atoms with Gasteiger partial charge in [-0.15, -0.1) is 0 Å². The van der Waals surface area contributed by atoms with Gasteiger partial charge < -0.3 is 14.5 Å². The molecule has 2 aromatic carbocycles. The molecule has 0 aromatic heterocycles. The summed E-state index contributed by atoms with van der Waals surface area (Å²) < 4.78 is 11.7. The molecule has 4 rings (SSSR count). The molecule has 164 valence electrons. The topological polar surface area (TPSA) is 63.8 Å². The number of carbonyl (C=O) groups is 1. The van der Waals surface area contributed by atoms with E-state index in [0.29, 0.717) is 12.2 Å². The zero-order valence-electron chi connectivity index (χ0n) is 19.2. The van der Waals surface area contributed by atoms with Gasteiger partial charge in [0.25, 0.3) is 0 Å². The molecule has 1 heterocycles. The van der Waals surface area contributed by atoms with Crippen molar-refractivity contribution in [2.75, 3.05) is 25.5 Å². The zero-order chi connectivity index (χ0) is 22.8. The Labute approximate surface area is 188 Å². The Morgan fingerprint density at radius 1 is 1.03 bits per heavy atom. The van der Waals surface area contributed by atoms with Crippen molar-refractivity contribution in [3.8, 4) is 22.5 Å². The summed E-state index contributed by atoms with van der Waals surface area (Å²) in [4.78, 5) is 17.2. The van der Waals surface area contributed by atoms with E-state index in [4.69, 9.17) is 9.15 Å². The normalized spacial score (nSPS) is 11.8. The Balaban J connectivity index is 2.16. The Morgan fingerprint density at radius 2 is 1.81 bits per heavy atom. The first kappa shape index (κ1) is 21.6. The van der Waals surface area contributed by atoms with Crippen LogP contribution in [0.25, 0.3) is 33.4 Å². The number of rotatable bonds is 5. The third-order valence-electron chi connectivity index (χ3n) is 5.68.